The van der Waals surface area contributed by atoms with Crippen molar-refractivity contribution in [3.63, 3.8) is 0 Å². The molecular weight excluding hydrogens is 945 g/mol. The predicted octanol–water partition coefficient (Wildman–Crippen LogP) is 17.9. The second-order valence-electron chi connectivity index (χ2n) is 16.5. The van der Waals surface area contributed by atoms with Crippen LogP contribution in [-0.2, 0) is 30.1 Å². The molecule has 68 heavy (non-hydrogen) atoms. The minimum atomic E-state index is -4.57. The van der Waals surface area contributed by atoms with Crippen molar-refractivity contribution in [2.75, 3.05) is 0 Å². The van der Waals surface area contributed by atoms with Gasteiger partial charge in [-0.3, -0.25) is 0 Å². The molecule has 0 saturated heterocycles. The van der Waals surface area contributed by atoms with Gasteiger partial charge in [0.15, 0.2) is 0 Å². The molecule has 0 amide bonds. The summed E-state index contributed by atoms with van der Waals surface area (Å²) >= 11 is 2.43. The molecule has 0 radical (unpaired) electrons. The van der Waals surface area contributed by atoms with Crippen LogP contribution in [0.1, 0.15) is 65.5 Å². The Kier molecular flexibility index (Phi) is 12.2. The zero-order chi connectivity index (χ0) is 48.2. The third-order valence-electron chi connectivity index (χ3n) is 12.3. The van der Waals surface area contributed by atoms with Crippen LogP contribution in [0.15, 0.2) is 146 Å². The number of alkyl halides is 12. The zero-order valence-corrected chi connectivity index (χ0v) is 36.8. The quantitative estimate of drug-likeness (QED) is 0.142. The van der Waals surface area contributed by atoms with E-state index in [4.69, 9.17) is 9.97 Å². The average Bonchev–Trinajstić information content (AvgIpc) is 3.98. The molecule has 1 fully saturated rings. The number of hydrogen-bond acceptors (Lipinski definition) is 4. The third-order valence-corrected chi connectivity index (χ3v) is 14.6. The molecule has 16 heteroatoms. The molecule has 348 valence electrons. The topological polar surface area (TPSA) is 25.8 Å². The third kappa shape index (κ3) is 9.44. The van der Waals surface area contributed by atoms with Gasteiger partial charge in [-0.05, 0) is 83.6 Å². The molecule has 0 spiro atoms. The molecule has 8 aromatic rings. The number of aromatic nitrogens is 2. The van der Waals surface area contributed by atoms with E-state index < -0.39 is 52.4 Å². The Balaban J connectivity index is 1.05. The molecule has 2 heterocycles. The Morgan fingerprint density at radius 1 is 0.324 bits per heavy atom. The van der Waals surface area contributed by atoms with Gasteiger partial charge in [-0.15, -0.1) is 22.7 Å². The lowest BCUT2D eigenvalue weighted by atomic mass is 9.65. The van der Waals surface area contributed by atoms with Gasteiger partial charge < -0.3 is 0 Å². The molecule has 2 nitrogen and oxygen atoms in total. The van der Waals surface area contributed by atoms with Gasteiger partial charge in [0.1, 0.15) is 10.0 Å². The molecule has 0 atom stereocenters. The highest BCUT2D eigenvalue weighted by molar-refractivity contribution is 7.19. The van der Waals surface area contributed by atoms with Crippen molar-refractivity contribution in [3.8, 4) is 64.5 Å². The molecule has 1 saturated carbocycles. The average molecular weight is 979 g/mol. The van der Waals surface area contributed by atoms with Crippen LogP contribution in [0, 0.1) is 0 Å². The van der Waals surface area contributed by atoms with Crippen LogP contribution in [0.2, 0.25) is 0 Å². The van der Waals surface area contributed by atoms with Gasteiger partial charge in [-0.1, -0.05) is 116 Å². The van der Waals surface area contributed by atoms with Crippen molar-refractivity contribution >= 4 is 22.7 Å². The lowest BCUT2D eigenvalue weighted by Gasteiger charge is -2.39. The van der Waals surface area contributed by atoms with E-state index >= 15 is 0 Å². The molecule has 9 rings (SSSR count). The molecule has 0 aliphatic heterocycles. The fraction of sp³-hybridized carbons (Fsp3) is 0.192. The van der Waals surface area contributed by atoms with Crippen LogP contribution in [0.25, 0.3) is 64.5 Å². The van der Waals surface area contributed by atoms with Gasteiger partial charge in [0.05, 0.1) is 43.4 Å². The first kappa shape index (κ1) is 46.8. The van der Waals surface area contributed by atoms with E-state index in [1.165, 1.54) is 71.2 Å². The van der Waals surface area contributed by atoms with Gasteiger partial charge in [0.25, 0.3) is 0 Å². The lowest BCUT2D eigenvalue weighted by molar-refractivity contribution is -0.138. The van der Waals surface area contributed by atoms with Crippen LogP contribution >= 0.6 is 22.7 Å². The lowest BCUT2D eigenvalue weighted by Crippen LogP contribution is -2.30. The summed E-state index contributed by atoms with van der Waals surface area (Å²) in [4.78, 5) is 10.7. The maximum Gasteiger partial charge on any atom is 0.416 e. The van der Waals surface area contributed by atoms with E-state index in [0.29, 0.717) is 64.5 Å². The van der Waals surface area contributed by atoms with Crippen molar-refractivity contribution in [1.82, 2.24) is 9.97 Å². The molecule has 0 N–H and O–H groups in total. The van der Waals surface area contributed by atoms with Gasteiger partial charge in [-0.25, -0.2) is 9.97 Å². The highest BCUT2D eigenvalue weighted by Gasteiger charge is 2.37. The normalized spacial score (nSPS) is 14.6. The van der Waals surface area contributed by atoms with E-state index in [9.17, 15) is 52.7 Å². The molecule has 6 aromatic carbocycles. The summed E-state index contributed by atoms with van der Waals surface area (Å²) in [7, 11) is 0. The van der Waals surface area contributed by atoms with E-state index in [-0.39, 0.29) is 0 Å². The van der Waals surface area contributed by atoms with Gasteiger partial charge >= 0.3 is 24.7 Å². The monoisotopic (exact) mass is 978 g/mol. The van der Waals surface area contributed by atoms with Gasteiger partial charge in [-0.2, -0.15) is 52.7 Å². The maximum atomic E-state index is 13.5. The summed E-state index contributed by atoms with van der Waals surface area (Å²) < 4.78 is 161. The summed E-state index contributed by atoms with van der Waals surface area (Å²) in [5, 5.41) is 1.02. The number of thiazole rings is 2. The van der Waals surface area contributed by atoms with E-state index in [2.05, 4.69) is 0 Å². The van der Waals surface area contributed by atoms with Crippen LogP contribution in [0.4, 0.5) is 52.7 Å². The SMILES string of the molecule is FC(F)(F)c1ccc(-c2nc(-c3ccc(C4(c5ccc(-c6nc(-c7ccc(C(F)(F)F)cc7)c(-c7ccc(C(F)(F)F)cc7)s6)cc5)CCCCC4)cc3)sc2-c2ccc(C(F)(F)F)cc2)cc1. The van der Waals surface area contributed by atoms with Crippen molar-refractivity contribution in [2.45, 2.75) is 62.2 Å². The summed E-state index contributed by atoms with van der Waals surface area (Å²) in [5.74, 6) is 0. The Morgan fingerprint density at radius 3 is 0.868 bits per heavy atom. The first-order chi connectivity index (χ1) is 32.2. The largest absolute Gasteiger partial charge is 0.416 e. The first-order valence-electron chi connectivity index (χ1n) is 21.1. The molecular formula is C52H34F12N2S2. The van der Waals surface area contributed by atoms with E-state index in [0.717, 1.165) is 91.8 Å². The number of halogens is 12. The zero-order valence-electron chi connectivity index (χ0n) is 35.1. The molecule has 0 unspecified atom stereocenters. The Hall–Kier alpha value is -6.26. The Labute approximate surface area is 389 Å². The van der Waals surface area contributed by atoms with Crippen LogP contribution in [0.5, 0.6) is 0 Å². The van der Waals surface area contributed by atoms with Crippen molar-refractivity contribution in [3.05, 3.63) is 179 Å². The van der Waals surface area contributed by atoms with Crippen LogP contribution in [-0.4, -0.2) is 9.97 Å². The Bertz CT molecular complexity index is 2680. The Morgan fingerprint density at radius 2 is 0.588 bits per heavy atom. The summed E-state index contributed by atoms with van der Waals surface area (Å²) in [6.07, 6.45) is -13.7. The molecule has 1 aliphatic rings. The highest BCUT2D eigenvalue weighted by atomic mass is 32.1. The number of hydrogen-bond donors (Lipinski definition) is 0. The number of nitrogens with zero attached hydrogens (tertiary/aromatic N) is 2. The van der Waals surface area contributed by atoms with Crippen molar-refractivity contribution in [2.24, 2.45) is 0 Å². The van der Waals surface area contributed by atoms with Crippen LogP contribution in [0.3, 0.4) is 0 Å². The van der Waals surface area contributed by atoms with Crippen LogP contribution < -0.4 is 0 Å². The number of rotatable bonds is 8. The first-order valence-corrected chi connectivity index (χ1v) is 22.7. The smallest absolute Gasteiger partial charge is 0.235 e. The van der Waals surface area contributed by atoms with E-state index in [1.54, 1.807) is 0 Å². The second kappa shape index (κ2) is 17.7. The summed E-state index contributed by atoms with van der Waals surface area (Å²) in [5.41, 5.74) is 1.86. The minimum Gasteiger partial charge on any atom is -0.235 e. The highest BCUT2D eigenvalue weighted by Crippen LogP contribution is 2.49. The van der Waals surface area contributed by atoms with Crippen molar-refractivity contribution < 1.29 is 52.7 Å². The second-order valence-corrected chi connectivity index (χ2v) is 18.5. The molecule has 2 aromatic heterocycles. The van der Waals surface area contributed by atoms with E-state index in [1.807, 2.05) is 48.5 Å². The summed E-state index contributed by atoms with van der Waals surface area (Å²) in [6.45, 7) is 0. The number of benzene rings is 6. The molecule has 0 bridgehead atoms. The molecule has 1 aliphatic carbocycles. The fourth-order valence-electron chi connectivity index (χ4n) is 8.69. The summed E-state index contributed by atoms with van der Waals surface area (Å²) in [6, 6.07) is 33.7. The minimum absolute atomic E-state index is 0.324. The van der Waals surface area contributed by atoms with Gasteiger partial charge in [0.2, 0.25) is 0 Å². The van der Waals surface area contributed by atoms with Gasteiger partial charge in [0, 0.05) is 27.7 Å². The predicted molar refractivity (Wildman–Crippen MR) is 241 cm³/mol. The van der Waals surface area contributed by atoms with Crippen molar-refractivity contribution in [1.29, 1.82) is 0 Å². The standard InChI is InChI=1S/C52H34F12N2S2/c53-49(54,55)38-20-4-30(5-21-38)42-44(32-8-24-40(25-9-32)51(59,60)61)67-46(65-42)34-12-16-36(17-13-34)48(28-2-1-3-29-48)37-18-14-35(15-19-37)47-66-43(31-6-22-39(23-7-31)50(56,57)58)45(68-47)33-10-26-41(27-11-33)52(62,63)64/h4-27H,1-3,28-29H2. The fourth-order valence-corrected chi connectivity index (χ4v) is 10.9. The maximum absolute atomic E-state index is 13.5.